The summed E-state index contributed by atoms with van der Waals surface area (Å²) in [4.78, 5) is 8.82. The van der Waals surface area contributed by atoms with Gasteiger partial charge in [-0.3, -0.25) is 0 Å². The molecule has 0 fully saturated rings. The fourth-order valence-corrected chi connectivity index (χ4v) is 2.30. The zero-order valence-corrected chi connectivity index (χ0v) is 10.8. The van der Waals surface area contributed by atoms with Crippen molar-refractivity contribution in [3.8, 4) is 0 Å². The second kappa shape index (κ2) is 5.38. The molecule has 2 aromatic heterocycles. The Hall–Kier alpha value is -2.27. The number of aliphatic hydroxyl groups is 1. The normalized spacial score (nSPS) is 11.1. The van der Waals surface area contributed by atoms with Crippen molar-refractivity contribution in [2.45, 2.75) is 13.0 Å². The summed E-state index contributed by atoms with van der Waals surface area (Å²) in [5, 5.41) is 9.20. The lowest BCUT2D eigenvalue weighted by atomic mass is 10.1. The van der Waals surface area contributed by atoms with Crippen LogP contribution >= 0.6 is 0 Å². The highest BCUT2D eigenvalue weighted by Gasteiger charge is 2.11. The molecule has 0 radical (unpaired) electrons. The highest BCUT2D eigenvalue weighted by Crippen LogP contribution is 2.17. The molecule has 0 aliphatic carbocycles. The first-order chi connectivity index (χ1) is 9.78. The molecule has 0 saturated heterocycles. The second-order valence-corrected chi connectivity index (χ2v) is 4.56. The Morgan fingerprint density at radius 1 is 1.20 bits per heavy atom. The molecule has 4 nitrogen and oxygen atoms in total. The van der Waals surface area contributed by atoms with E-state index in [1.807, 2.05) is 22.8 Å². The van der Waals surface area contributed by atoms with Crippen molar-refractivity contribution in [2.75, 3.05) is 6.61 Å². The molecule has 3 rings (SSSR count). The van der Waals surface area contributed by atoms with E-state index in [9.17, 15) is 9.50 Å². The van der Waals surface area contributed by atoms with Crippen LogP contribution in [0.1, 0.15) is 11.4 Å². The van der Waals surface area contributed by atoms with E-state index in [1.165, 1.54) is 12.1 Å². The molecule has 20 heavy (non-hydrogen) atoms. The van der Waals surface area contributed by atoms with Crippen LogP contribution in [0.4, 0.5) is 4.39 Å². The fraction of sp³-hybridized carbons (Fsp3) is 0.200. The lowest BCUT2D eigenvalue weighted by Crippen LogP contribution is -2.08. The highest BCUT2D eigenvalue weighted by atomic mass is 19.1. The number of fused-ring (bicyclic) bond motifs is 1. The summed E-state index contributed by atoms with van der Waals surface area (Å²) in [7, 11) is 0. The van der Waals surface area contributed by atoms with Gasteiger partial charge in [-0.1, -0.05) is 12.1 Å². The molecule has 0 aliphatic heterocycles. The predicted octanol–water partition coefficient (Wildman–Crippen LogP) is 2.15. The Morgan fingerprint density at radius 2 is 2.10 bits per heavy atom. The third-order valence-electron chi connectivity index (χ3n) is 3.16. The standard InChI is InChI=1S/C15H14FN3O/c16-12-4-1-3-11(9-12)10-14-18-13-5-2-6-17-15(13)19(14)7-8-20/h1-6,9,20H,7-8,10H2. The first-order valence-corrected chi connectivity index (χ1v) is 6.43. The van der Waals surface area contributed by atoms with E-state index in [2.05, 4.69) is 9.97 Å². The van der Waals surface area contributed by atoms with Gasteiger partial charge in [0.25, 0.3) is 0 Å². The van der Waals surface area contributed by atoms with Gasteiger partial charge >= 0.3 is 0 Å². The van der Waals surface area contributed by atoms with Gasteiger partial charge in [0.15, 0.2) is 5.65 Å². The number of rotatable bonds is 4. The summed E-state index contributed by atoms with van der Waals surface area (Å²) in [5.41, 5.74) is 2.37. The molecule has 0 unspecified atom stereocenters. The zero-order chi connectivity index (χ0) is 13.9. The largest absolute Gasteiger partial charge is 0.395 e. The molecule has 0 saturated carbocycles. The van der Waals surface area contributed by atoms with Crippen molar-refractivity contribution in [3.05, 3.63) is 59.8 Å². The molecule has 0 aliphatic rings. The van der Waals surface area contributed by atoms with E-state index in [0.717, 1.165) is 22.6 Å². The maximum Gasteiger partial charge on any atom is 0.160 e. The van der Waals surface area contributed by atoms with E-state index in [4.69, 9.17) is 0 Å². The lowest BCUT2D eigenvalue weighted by Gasteiger charge is -2.06. The molecular formula is C15H14FN3O. The van der Waals surface area contributed by atoms with Crippen molar-refractivity contribution < 1.29 is 9.50 Å². The third kappa shape index (κ3) is 2.40. The molecular weight excluding hydrogens is 257 g/mol. The van der Waals surface area contributed by atoms with Crippen LogP contribution in [-0.4, -0.2) is 26.2 Å². The molecule has 0 bridgehead atoms. The smallest absolute Gasteiger partial charge is 0.160 e. The molecule has 0 spiro atoms. The van der Waals surface area contributed by atoms with E-state index in [0.29, 0.717) is 13.0 Å². The number of aromatic nitrogens is 3. The lowest BCUT2D eigenvalue weighted by molar-refractivity contribution is 0.276. The number of hydrogen-bond donors (Lipinski definition) is 1. The van der Waals surface area contributed by atoms with Crippen LogP contribution in [0.5, 0.6) is 0 Å². The van der Waals surface area contributed by atoms with Gasteiger partial charge in [-0.15, -0.1) is 0 Å². The molecule has 1 aromatic carbocycles. The molecule has 1 N–H and O–H groups in total. The third-order valence-corrected chi connectivity index (χ3v) is 3.16. The Balaban J connectivity index is 2.04. The number of pyridine rings is 1. The van der Waals surface area contributed by atoms with Crippen molar-refractivity contribution >= 4 is 11.2 Å². The summed E-state index contributed by atoms with van der Waals surface area (Å²) in [6.07, 6.45) is 2.21. The van der Waals surface area contributed by atoms with Gasteiger partial charge in [-0.25, -0.2) is 14.4 Å². The van der Waals surface area contributed by atoms with Crippen molar-refractivity contribution in [2.24, 2.45) is 0 Å². The van der Waals surface area contributed by atoms with E-state index in [1.54, 1.807) is 12.3 Å². The van der Waals surface area contributed by atoms with Crippen molar-refractivity contribution in [1.82, 2.24) is 14.5 Å². The Bertz CT molecular complexity index is 739. The topological polar surface area (TPSA) is 50.9 Å². The minimum Gasteiger partial charge on any atom is -0.395 e. The molecule has 3 aromatic rings. The second-order valence-electron chi connectivity index (χ2n) is 4.56. The highest BCUT2D eigenvalue weighted by molar-refractivity contribution is 5.71. The van der Waals surface area contributed by atoms with Crippen molar-refractivity contribution in [1.29, 1.82) is 0 Å². The summed E-state index contributed by atoms with van der Waals surface area (Å²) in [6, 6.07) is 10.2. The minimum absolute atomic E-state index is 0.0121. The monoisotopic (exact) mass is 271 g/mol. The van der Waals surface area contributed by atoms with Gasteiger partial charge < -0.3 is 9.67 Å². The average Bonchev–Trinajstić information content (AvgIpc) is 2.77. The van der Waals surface area contributed by atoms with Crippen molar-refractivity contribution in [3.63, 3.8) is 0 Å². The Kier molecular flexibility index (Phi) is 3.43. The maximum absolute atomic E-state index is 13.2. The number of imidazole rings is 1. The van der Waals surface area contributed by atoms with Gasteiger partial charge in [0.1, 0.15) is 17.2 Å². The quantitative estimate of drug-likeness (QED) is 0.791. The van der Waals surface area contributed by atoms with Crippen LogP contribution in [0.25, 0.3) is 11.2 Å². The number of benzene rings is 1. The minimum atomic E-state index is -0.259. The van der Waals surface area contributed by atoms with Crippen LogP contribution in [-0.2, 0) is 13.0 Å². The van der Waals surface area contributed by atoms with Gasteiger partial charge in [-0.05, 0) is 29.8 Å². The fourth-order valence-electron chi connectivity index (χ4n) is 2.30. The van der Waals surface area contributed by atoms with Gasteiger partial charge in [-0.2, -0.15) is 0 Å². The first kappa shape index (κ1) is 12.7. The van der Waals surface area contributed by atoms with Crippen LogP contribution < -0.4 is 0 Å². The summed E-state index contributed by atoms with van der Waals surface area (Å²) in [6.45, 7) is 0.441. The predicted molar refractivity (Wildman–Crippen MR) is 73.8 cm³/mol. The maximum atomic E-state index is 13.2. The molecule has 2 heterocycles. The summed E-state index contributed by atoms with van der Waals surface area (Å²) >= 11 is 0. The first-order valence-electron chi connectivity index (χ1n) is 6.43. The molecule has 0 atom stereocenters. The van der Waals surface area contributed by atoms with Crippen LogP contribution in [0.3, 0.4) is 0 Å². The summed E-state index contributed by atoms with van der Waals surface area (Å²) in [5.74, 6) is 0.517. The van der Waals surface area contributed by atoms with E-state index < -0.39 is 0 Å². The van der Waals surface area contributed by atoms with Crippen LogP contribution in [0, 0.1) is 5.82 Å². The zero-order valence-electron chi connectivity index (χ0n) is 10.8. The van der Waals surface area contributed by atoms with Gasteiger partial charge in [0, 0.05) is 19.2 Å². The van der Waals surface area contributed by atoms with Crippen LogP contribution in [0.2, 0.25) is 0 Å². The molecule has 5 heteroatoms. The SMILES string of the molecule is OCCn1c(Cc2cccc(F)c2)nc2cccnc21. The summed E-state index contributed by atoms with van der Waals surface area (Å²) < 4.78 is 15.1. The van der Waals surface area contributed by atoms with Gasteiger partial charge in [0.05, 0.1) is 6.61 Å². The Labute approximate surface area is 115 Å². The number of aliphatic hydroxyl groups excluding tert-OH is 1. The molecule has 102 valence electrons. The number of halogens is 1. The molecule has 0 amide bonds. The number of hydrogen-bond acceptors (Lipinski definition) is 3. The van der Waals surface area contributed by atoms with E-state index >= 15 is 0 Å². The van der Waals surface area contributed by atoms with E-state index in [-0.39, 0.29) is 12.4 Å². The van der Waals surface area contributed by atoms with Gasteiger partial charge in [0.2, 0.25) is 0 Å². The Morgan fingerprint density at radius 3 is 2.90 bits per heavy atom. The van der Waals surface area contributed by atoms with Crippen LogP contribution in [0.15, 0.2) is 42.6 Å². The average molecular weight is 271 g/mol. The number of nitrogens with zero attached hydrogens (tertiary/aromatic N) is 3.